The summed E-state index contributed by atoms with van der Waals surface area (Å²) in [7, 11) is 1.63. The topological polar surface area (TPSA) is 98.7 Å². The Morgan fingerprint density at radius 1 is 1.25 bits per heavy atom. The Hall–Kier alpha value is -3.35. The van der Waals surface area contributed by atoms with Gasteiger partial charge in [0.1, 0.15) is 0 Å². The highest BCUT2D eigenvalue weighted by Crippen LogP contribution is 2.24. The van der Waals surface area contributed by atoms with E-state index in [0.717, 1.165) is 11.3 Å². The number of benzene rings is 1. The van der Waals surface area contributed by atoms with Gasteiger partial charge in [-0.3, -0.25) is 14.4 Å². The van der Waals surface area contributed by atoms with Crippen molar-refractivity contribution in [1.29, 1.82) is 0 Å². The Labute approximate surface area is 165 Å². The van der Waals surface area contributed by atoms with Crippen LogP contribution in [0.1, 0.15) is 25.3 Å². The molecule has 0 radical (unpaired) electrons. The largest absolute Gasteiger partial charge is 0.481 e. The predicted octanol–water partition coefficient (Wildman–Crippen LogP) is 2.19. The van der Waals surface area contributed by atoms with Crippen LogP contribution in [0.3, 0.4) is 0 Å². The standard InChI is InChI=1S/C16H18N2O.C5H9NO3/c1-12-9-15(16(19)17-3)13(2)18(10-12)11-14-7-5-4-6-8-14;7-4-6-3-1-2-5(8)9/h4-10H,2,11H2,1,3H3,(H,17,19);4H,1-3H2,(H,6,7)(H,8,9). The third kappa shape index (κ3) is 7.90. The fourth-order valence-electron chi connectivity index (χ4n) is 2.48. The molecule has 0 unspecified atom stereocenters. The van der Waals surface area contributed by atoms with E-state index in [0.29, 0.717) is 31.5 Å². The molecule has 0 atom stereocenters. The molecule has 0 spiro atoms. The molecule has 0 saturated carbocycles. The minimum Gasteiger partial charge on any atom is -0.481 e. The molecule has 1 aliphatic rings. The van der Waals surface area contributed by atoms with Crippen LogP contribution in [0.5, 0.6) is 0 Å². The SMILES string of the molecule is C=C1C(C(=O)NC)=CC(C)=CN1Cc1ccccc1.O=CNCCCC(=O)O. The van der Waals surface area contributed by atoms with Crippen molar-refractivity contribution in [2.45, 2.75) is 26.3 Å². The first kappa shape index (κ1) is 22.7. The van der Waals surface area contributed by atoms with Crippen LogP contribution in [-0.4, -0.2) is 41.9 Å². The zero-order valence-corrected chi connectivity index (χ0v) is 16.3. The molecule has 0 fully saturated rings. The van der Waals surface area contributed by atoms with Crippen molar-refractivity contribution in [3.05, 3.63) is 71.6 Å². The Morgan fingerprint density at radius 2 is 1.93 bits per heavy atom. The number of hydrogen-bond acceptors (Lipinski definition) is 4. The number of allylic oxidation sites excluding steroid dienone is 2. The van der Waals surface area contributed by atoms with Crippen LogP contribution in [0.15, 0.2) is 66.0 Å². The lowest BCUT2D eigenvalue weighted by atomic mass is 10.0. The molecule has 0 aliphatic carbocycles. The van der Waals surface area contributed by atoms with E-state index in [1.807, 2.05) is 42.3 Å². The molecule has 7 heteroatoms. The van der Waals surface area contributed by atoms with E-state index in [2.05, 4.69) is 29.3 Å². The maximum absolute atomic E-state index is 11.8. The summed E-state index contributed by atoms with van der Waals surface area (Å²) < 4.78 is 0. The highest BCUT2D eigenvalue weighted by Gasteiger charge is 2.20. The lowest BCUT2D eigenvalue weighted by Gasteiger charge is -2.28. The van der Waals surface area contributed by atoms with Crippen molar-refractivity contribution < 1.29 is 19.5 Å². The van der Waals surface area contributed by atoms with Gasteiger partial charge >= 0.3 is 5.97 Å². The summed E-state index contributed by atoms with van der Waals surface area (Å²) in [5.74, 6) is -0.932. The lowest BCUT2D eigenvalue weighted by molar-refractivity contribution is -0.137. The molecular weight excluding hydrogens is 358 g/mol. The van der Waals surface area contributed by atoms with E-state index >= 15 is 0 Å². The predicted molar refractivity (Wildman–Crippen MR) is 108 cm³/mol. The van der Waals surface area contributed by atoms with Gasteiger partial charge < -0.3 is 20.6 Å². The summed E-state index contributed by atoms with van der Waals surface area (Å²) in [6, 6.07) is 10.1. The summed E-state index contributed by atoms with van der Waals surface area (Å²) in [5, 5.41) is 13.1. The molecule has 0 bridgehead atoms. The van der Waals surface area contributed by atoms with Crippen molar-refractivity contribution in [2.75, 3.05) is 13.6 Å². The molecule has 0 saturated heterocycles. The molecule has 1 aliphatic heterocycles. The fourth-order valence-corrected chi connectivity index (χ4v) is 2.48. The maximum Gasteiger partial charge on any atom is 0.303 e. The second-order valence-corrected chi connectivity index (χ2v) is 6.14. The third-order valence-electron chi connectivity index (χ3n) is 3.85. The molecule has 1 aromatic rings. The van der Waals surface area contributed by atoms with Gasteiger partial charge in [0.2, 0.25) is 6.41 Å². The first-order valence-corrected chi connectivity index (χ1v) is 8.90. The lowest BCUT2D eigenvalue weighted by Crippen LogP contribution is -2.28. The molecule has 7 nitrogen and oxygen atoms in total. The van der Waals surface area contributed by atoms with Crippen LogP contribution < -0.4 is 10.6 Å². The number of aliphatic carboxylic acids is 1. The van der Waals surface area contributed by atoms with Crippen LogP contribution in [0, 0.1) is 0 Å². The van der Waals surface area contributed by atoms with E-state index in [-0.39, 0.29) is 12.3 Å². The molecule has 1 aromatic carbocycles. The number of rotatable bonds is 8. The van der Waals surface area contributed by atoms with Crippen molar-refractivity contribution in [2.24, 2.45) is 0 Å². The molecule has 150 valence electrons. The van der Waals surface area contributed by atoms with Crippen molar-refractivity contribution >= 4 is 18.3 Å². The van der Waals surface area contributed by atoms with Gasteiger partial charge in [-0.1, -0.05) is 36.9 Å². The molecule has 0 aromatic heterocycles. The van der Waals surface area contributed by atoms with Gasteiger partial charge in [-0.05, 0) is 30.6 Å². The van der Waals surface area contributed by atoms with Crippen molar-refractivity contribution in [3.63, 3.8) is 0 Å². The van der Waals surface area contributed by atoms with Gasteiger partial charge in [0.25, 0.3) is 5.91 Å². The molecule has 2 amide bonds. The maximum atomic E-state index is 11.8. The molecule has 1 heterocycles. The minimum atomic E-state index is -0.831. The minimum absolute atomic E-state index is 0.101. The number of likely N-dealkylation sites (N-methyl/N-ethyl adjacent to an activating group) is 1. The van der Waals surface area contributed by atoms with Crippen molar-refractivity contribution in [1.82, 2.24) is 15.5 Å². The zero-order chi connectivity index (χ0) is 20.9. The average Bonchev–Trinajstić information content (AvgIpc) is 2.68. The zero-order valence-electron chi connectivity index (χ0n) is 16.3. The fraction of sp³-hybridized carbons (Fsp3) is 0.286. The number of carboxylic acids is 1. The summed E-state index contributed by atoms with van der Waals surface area (Å²) in [6.07, 6.45) is 5.04. The number of carbonyl (C=O) groups is 3. The second-order valence-electron chi connectivity index (χ2n) is 6.14. The normalized spacial score (nSPS) is 12.8. The van der Waals surface area contributed by atoms with Crippen LogP contribution in [0.4, 0.5) is 0 Å². The summed E-state index contributed by atoms with van der Waals surface area (Å²) in [6.45, 7) is 7.16. The number of amides is 2. The smallest absolute Gasteiger partial charge is 0.303 e. The van der Waals surface area contributed by atoms with Crippen LogP contribution in [0.2, 0.25) is 0 Å². The third-order valence-corrected chi connectivity index (χ3v) is 3.85. The number of hydrogen-bond donors (Lipinski definition) is 3. The van der Waals surface area contributed by atoms with Gasteiger partial charge in [-0.2, -0.15) is 0 Å². The van der Waals surface area contributed by atoms with E-state index in [9.17, 15) is 14.4 Å². The Balaban J connectivity index is 0.000000370. The van der Waals surface area contributed by atoms with Gasteiger partial charge in [0, 0.05) is 38.5 Å². The van der Waals surface area contributed by atoms with Gasteiger partial charge in [-0.15, -0.1) is 0 Å². The highest BCUT2D eigenvalue weighted by molar-refractivity contribution is 5.98. The molecule has 28 heavy (non-hydrogen) atoms. The first-order valence-electron chi connectivity index (χ1n) is 8.90. The van der Waals surface area contributed by atoms with Gasteiger partial charge in [0.05, 0.1) is 5.57 Å². The van der Waals surface area contributed by atoms with Crippen LogP contribution in [0.25, 0.3) is 0 Å². The quantitative estimate of drug-likeness (QED) is 0.471. The van der Waals surface area contributed by atoms with Crippen molar-refractivity contribution in [3.8, 4) is 0 Å². The molecule has 2 rings (SSSR count). The Morgan fingerprint density at radius 3 is 2.50 bits per heavy atom. The van der Waals surface area contributed by atoms with E-state index in [1.54, 1.807) is 7.05 Å². The summed E-state index contributed by atoms with van der Waals surface area (Å²) >= 11 is 0. The monoisotopic (exact) mass is 385 g/mol. The Kier molecular flexibility index (Phi) is 9.82. The number of carbonyl (C=O) groups excluding carboxylic acids is 2. The molecule has 3 N–H and O–H groups in total. The van der Waals surface area contributed by atoms with E-state index < -0.39 is 5.97 Å². The van der Waals surface area contributed by atoms with Crippen LogP contribution in [-0.2, 0) is 20.9 Å². The number of carboxylic acid groups (broad SMARTS) is 1. The van der Waals surface area contributed by atoms with Crippen LogP contribution >= 0.6 is 0 Å². The Bertz CT molecular complexity index is 754. The van der Waals surface area contributed by atoms with E-state index in [4.69, 9.17) is 5.11 Å². The van der Waals surface area contributed by atoms with Gasteiger partial charge in [0.15, 0.2) is 0 Å². The first-order chi connectivity index (χ1) is 13.4. The number of nitrogens with one attached hydrogen (secondary N) is 2. The summed E-state index contributed by atoms with van der Waals surface area (Å²) in [4.78, 5) is 33.3. The average molecular weight is 385 g/mol. The summed E-state index contributed by atoms with van der Waals surface area (Å²) in [5.41, 5.74) is 3.58. The second kappa shape index (κ2) is 12.1. The number of nitrogens with zero attached hydrogens (tertiary/aromatic N) is 1. The molecular formula is C21H27N3O4. The highest BCUT2D eigenvalue weighted by atomic mass is 16.4. The van der Waals surface area contributed by atoms with Gasteiger partial charge in [-0.25, -0.2) is 0 Å². The van der Waals surface area contributed by atoms with E-state index in [1.165, 1.54) is 5.56 Å².